The van der Waals surface area contributed by atoms with E-state index < -0.39 is 10.0 Å². The van der Waals surface area contributed by atoms with Crippen molar-refractivity contribution in [2.24, 2.45) is 0 Å². The quantitative estimate of drug-likeness (QED) is 0.622. The summed E-state index contributed by atoms with van der Waals surface area (Å²) in [5, 5.41) is 14.2. The maximum absolute atomic E-state index is 12.9. The molecule has 3 heterocycles. The molecule has 0 spiro atoms. The Bertz CT molecular complexity index is 1130. The molecule has 0 amide bonds. The molecule has 3 N–H and O–H groups in total. The summed E-state index contributed by atoms with van der Waals surface area (Å²) in [6.07, 6.45) is 4.97. The van der Waals surface area contributed by atoms with Crippen LogP contribution in [0.25, 0.3) is 10.9 Å². The number of aryl methyl sites for hydroxylation is 1. The number of rotatable bonds is 4. The molecule has 0 saturated carbocycles. The summed E-state index contributed by atoms with van der Waals surface area (Å²) in [6, 6.07) is 5.65. The molecule has 1 aliphatic rings. The highest BCUT2D eigenvalue weighted by atomic mass is 32.2. The molecule has 140 valence electrons. The second-order valence-corrected chi connectivity index (χ2v) is 9.61. The van der Waals surface area contributed by atoms with E-state index in [0.717, 1.165) is 41.9 Å². The molecule has 27 heavy (non-hydrogen) atoms. The van der Waals surface area contributed by atoms with Crippen molar-refractivity contribution in [1.82, 2.24) is 15.3 Å². The standard InChI is InChI=1S/C18H19N5O2S2/c1-11-2-3-14(17-16(11)13(8-19)9-21-17)23-27(24,25)15-10-22-18(26-15)12-4-6-20-7-5-12/h2-3,9-10,12,20-21,23H,4-7H2,1H3. The zero-order valence-electron chi connectivity index (χ0n) is 14.7. The number of piperidine rings is 1. The molecule has 0 atom stereocenters. The van der Waals surface area contributed by atoms with E-state index in [-0.39, 0.29) is 4.21 Å². The topological polar surface area (TPSA) is 111 Å². The minimum absolute atomic E-state index is 0.205. The third kappa shape index (κ3) is 3.32. The Labute approximate surface area is 161 Å². The molecular formula is C18H19N5O2S2. The van der Waals surface area contributed by atoms with Crippen molar-refractivity contribution in [3.63, 3.8) is 0 Å². The van der Waals surface area contributed by atoms with Gasteiger partial charge < -0.3 is 10.3 Å². The Balaban J connectivity index is 1.65. The zero-order chi connectivity index (χ0) is 19.0. The van der Waals surface area contributed by atoms with Crippen LogP contribution in [0.1, 0.15) is 34.9 Å². The maximum atomic E-state index is 12.9. The Hall–Kier alpha value is -2.41. The number of thiazole rings is 1. The number of sulfonamides is 1. The number of H-pyrrole nitrogens is 1. The van der Waals surface area contributed by atoms with Gasteiger partial charge in [-0.25, -0.2) is 13.4 Å². The van der Waals surface area contributed by atoms with Gasteiger partial charge in [-0.3, -0.25) is 4.72 Å². The first kappa shape index (κ1) is 18.0. The van der Waals surface area contributed by atoms with Crippen LogP contribution in [0, 0.1) is 18.3 Å². The van der Waals surface area contributed by atoms with E-state index in [1.165, 1.54) is 17.5 Å². The summed E-state index contributed by atoms with van der Waals surface area (Å²) < 4.78 is 28.6. The van der Waals surface area contributed by atoms with Crippen LogP contribution in [-0.4, -0.2) is 31.5 Å². The average Bonchev–Trinajstić information content (AvgIpc) is 3.32. The van der Waals surface area contributed by atoms with E-state index in [1.807, 2.05) is 13.0 Å². The highest BCUT2D eigenvalue weighted by Gasteiger charge is 2.24. The molecule has 0 bridgehead atoms. The lowest BCUT2D eigenvalue weighted by atomic mass is 9.99. The lowest BCUT2D eigenvalue weighted by molar-refractivity contribution is 0.459. The van der Waals surface area contributed by atoms with E-state index in [9.17, 15) is 13.7 Å². The first-order chi connectivity index (χ1) is 13.0. The number of aromatic amines is 1. The summed E-state index contributed by atoms with van der Waals surface area (Å²) in [5.41, 5.74) is 2.44. The van der Waals surface area contributed by atoms with Crippen LogP contribution >= 0.6 is 11.3 Å². The number of anilines is 1. The van der Waals surface area contributed by atoms with E-state index in [0.29, 0.717) is 22.7 Å². The Morgan fingerprint density at radius 2 is 2.11 bits per heavy atom. The number of aromatic nitrogens is 2. The lowest BCUT2D eigenvalue weighted by Gasteiger charge is -2.20. The van der Waals surface area contributed by atoms with Crippen LogP contribution in [0.15, 0.2) is 28.7 Å². The van der Waals surface area contributed by atoms with Gasteiger partial charge in [-0.15, -0.1) is 11.3 Å². The molecule has 3 aromatic rings. The number of benzene rings is 1. The van der Waals surface area contributed by atoms with Gasteiger partial charge in [0.1, 0.15) is 6.07 Å². The molecule has 1 aromatic carbocycles. The van der Waals surface area contributed by atoms with E-state index in [4.69, 9.17) is 0 Å². The van der Waals surface area contributed by atoms with Crippen molar-refractivity contribution < 1.29 is 8.42 Å². The summed E-state index contributed by atoms with van der Waals surface area (Å²) in [5.74, 6) is 0.313. The van der Waals surface area contributed by atoms with Crippen molar-refractivity contribution in [3.8, 4) is 6.07 Å². The smallest absolute Gasteiger partial charge is 0.273 e. The van der Waals surface area contributed by atoms with Gasteiger partial charge in [0.25, 0.3) is 10.0 Å². The molecule has 4 rings (SSSR count). The molecule has 0 unspecified atom stereocenters. The number of hydrogen-bond acceptors (Lipinski definition) is 6. The van der Waals surface area contributed by atoms with Gasteiger partial charge in [-0.2, -0.15) is 5.26 Å². The van der Waals surface area contributed by atoms with Gasteiger partial charge in [0.05, 0.1) is 28.0 Å². The molecule has 2 aromatic heterocycles. The SMILES string of the molecule is Cc1ccc(NS(=O)(=O)c2cnc(C3CCNCC3)s2)c2[nH]cc(C#N)c12. The molecule has 1 fully saturated rings. The van der Waals surface area contributed by atoms with Crippen LogP contribution < -0.4 is 10.0 Å². The number of nitriles is 1. The van der Waals surface area contributed by atoms with Crippen LogP contribution in [0.2, 0.25) is 0 Å². The van der Waals surface area contributed by atoms with Crippen LogP contribution in [0.3, 0.4) is 0 Å². The number of fused-ring (bicyclic) bond motifs is 1. The van der Waals surface area contributed by atoms with Crippen LogP contribution in [-0.2, 0) is 10.0 Å². The van der Waals surface area contributed by atoms with Gasteiger partial charge >= 0.3 is 0 Å². The fourth-order valence-corrected chi connectivity index (χ4v) is 5.83. The molecular weight excluding hydrogens is 382 g/mol. The lowest BCUT2D eigenvalue weighted by Crippen LogP contribution is -2.26. The normalized spacial score (nSPS) is 15.7. The number of hydrogen-bond donors (Lipinski definition) is 3. The van der Waals surface area contributed by atoms with Crippen molar-refractivity contribution in [3.05, 3.63) is 40.7 Å². The average molecular weight is 402 g/mol. The van der Waals surface area contributed by atoms with Crippen molar-refractivity contribution >= 4 is 38.0 Å². The summed E-state index contributed by atoms with van der Waals surface area (Å²) in [4.78, 5) is 7.37. The first-order valence-corrected chi connectivity index (χ1v) is 11.0. The molecule has 0 aliphatic carbocycles. The van der Waals surface area contributed by atoms with Gasteiger partial charge in [-0.1, -0.05) is 6.07 Å². The summed E-state index contributed by atoms with van der Waals surface area (Å²) >= 11 is 1.23. The largest absolute Gasteiger partial charge is 0.358 e. The van der Waals surface area contributed by atoms with E-state index in [2.05, 4.69) is 26.1 Å². The summed E-state index contributed by atoms with van der Waals surface area (Å²) in [6.45, 7) is 3.75. The minimum atomic E-state index is -3.75. The second-order valence-electron chi connectivity index (χ2n) is 6.64. The van der Waals surface area contributed by atoms with Crippen molar-refractivity contribution in [1.29, 1.82) is 5.26 Å². The fourth-order valence-electron chi connectivity index (χ4n) is 3.44. The third-order valence-electron chi connectivity index (χ3n) is 4.86. The van der Waals surface area contributed by atoms with Gasteiger partial charge in [0.15, 0.2) is 4.21 Å². The Kier molecular flexibility index (Phi) is 4.63. The maximum Gasteiger partial charge on any atom is 0.273 e. The van der Waals surface area contributed by atoms with E-state index in [1.54, 1.807) is 12.3 Å². The predicted octanol–water partition coefficient (Wildman–Crippen LogP) is 3.07. The molecule has 7 nitrogen and oxygen atoms in total. The van der Waals surface area contributed by atoms with Crippen molar-refractivity contribution in [2.75, 3.05) is 17.8 Å². The second kappa shape index (κ2) is 6.96. The molecule has 9 heteroatoms. The molecule has 1 aliphatic heterocycles. The van der Waals surface area contributed by atoms with Crippen LogP contribution in [0.5, 0.6) is 0 Å². The Morgan fingerprint density at radius 3 is 2.85 bits per heavy atom. The third-order valence-corrected chi connectivity index (χ3v) is 7.85. The summed E-state index contributed by atoms with van der Waals surface area (Å²) in [7, 11) is -3.75. The van der Waals surface area contributed by atoms with Gasteiger partial charge in [0.2, 0.25) is 0 Å². The fraction of sp³-hybridized carbons (Fsp3) is 0.333. The number of nitrogens with zero attached hydrogens (tertiary/aromatic N) is 2. The zero-order valence-corrected chi connectivity index (χ0v) is 16.4. The highest BCUT2D eigenvalue weighted by molar-refractivity contribution is 7.94. The molecule has 1 saturated heterocycles. The van der Waals surface area contributed by atoms with Gasteiger partial charge in [-0.05, 0) is 44.5 Å². The van der Waals surface area contributed by atoms with Crippen LogP contribution in [0.4, 0.5) is 5.69 Å². The van der Waals surface area contributed by atoms with Gasteiger partial charge in [0, 0.05) is 17.5 Å². The minimum Gasteiger partial charge on any atom is -0.358 e. The van der Waals surface area contributed by atoms with Crippen molar-refractivity contribution in [2.45, 2.75) is 29.9 Å². The predicted molar refractivity (Wildman–Crippen MR) is 106 cm³/mol. The molecule has 0 radical (unpaired) electrons. The number of nitrogens with one attached hydrogen (secondary N) is 3. The first-order valence-electron chi connectivity index (χ1n) is 8.69. The monoisotopic (exact) mass is 401 g/mol. The van der Waals surface area contributed by atoms with E-state index >= 15 is 0 Å². The highest BCUT2D eigenvalue weighted by Crippen LogP contribution is 2.33. The Morgan fingerprint density at radius 1 is 1.33 bits per heavy atom.